The number of aliphatic hydroxyl groups is 1. The van der Waals surface area contributed by atoms with Crippen LogP contribution < -0.4 is 15.4 Å². The Morgan fingerprint density at radius 1 is 1.33 bits per heavy atom. The van der Waals surface area contributed by atoms with Crippen molar-refractivity contribution in [2.24, 2.45) is 5.41 Å². The van der Waals surface area contributed by atoms with E-state index in [1.165, 1.54) is 0 Å². The topological polar surface area (TPSA) is 83.7 Å². The number of hydrogen-bond donors (Lipinski definition) is 3. The summed E-state index contributed by atoms with van der Waals surface area (Å²) in [7, 11) is 1.60. The molecule has 1 saturated heterocycles. The molecule has 7 nitrogen and oxygen atoms in total. The zero-order chi connectivity index (χ0) is 21.5. The first kappa shape index (κ1) is 20.6. The lowest BCUT2D eigenvalue weighted by Crippen LogP contribution is -2.50. The molecule has 160 valence electrons. The molecule has 3 N–H and O–H groups in total. The van der Waals surface area contributed by atoms with Gasteiger partial charge >= 0.3 is 0 Å². The summed E-state index contributed by atoms with van der Waals surface area (Å²) in [5.74, 6) is 1.46. The predicted octanol–water partition coefficient (Wildman–Crippen LogP) is 3.43. The average molecular weight is 410 g/mol. The second kappa shape index (κ2) is 7.56. The summed E-state index contributed by atoms with van der Waals surface area (Å²) in [5, 5.41) is 17.7. The number of methoxy groups -OCH3 is 1. The first-order valence-electron chi connectivity index (χ1n) is 10.4. The van der Waals surface area contributed by atoms with E-state index in [1.54, 1.807) is 27.2 Å². The molecule has 0 aromatic carbocycles. The highest BCUT2D eigenvalue weighted by Crippen LogP contribution is 2.33. The highest BCUT2D eigenvalue weighted by molar-refractivity contribution is 5.64. The fourth-order valence-corrected chi connectivity index (χ4v) is 4.01. The fraction of sp³-hybridized carbons (Fsp3) is 0.478. The van der Waals surface area contributed by atoms with Crippen molar-refractivity contribution in [3.8, 4) is 17.1 Å². The zero-order valence-electron chi connectivity index (χ0n) is 18.4. The number of pyridine rings is 2. The van der Waals surface area contributed by atoms with E-state index in [2.05, 4.69) is 29.5 Å². The van der Waals surface area contributed by atoms with Gasteiger partial charge in [0.1, 0.15) is 17.2 Å². The summed E-state index contributed by atoms with van der Waals surface area (Å²) in [4.78, 5) is 9.39. The number of rotatable bonds is 5. The van der Waals surface area contributed by atoms with E-state index in [9.17, 15) is 5.11 Å². The molecule has 30 heavy (non-hydrogen) atoms. The van der Waals surface area contributed by atoms with Crippen LogP contribution in [0.2, 0.25) is 0 Å². The van der Waals surface area contributed by atoms with Crippen LogP contribution in [-0.4, -0.2) is 45.7 Å². The van der Waals surface area contributed by atoms with Gasteiger partial charge in [0.2, 0.25) is 0 Å². The first-order chi connectivity index (χ1) is 14.2. The Morgan fingerprint density at radius 3 is 2.83 bits per heavy atom. The molecule has 0 amide bonds. The number of hydrogen-bond acceptors (Lipinski definition) is 6. The summed E-state index contributed by atoms with van der Waals surface area (Å²) < 4.78 is 7.43. The molecule has 0 bridgehead atoms. The van der Waals surface area contributed by atoms with Crippen LogP contribution in [0, 0.1) is 5.41 Å². The Balaban J connectivity index is 1.72. The highest BCUT2D eigenvalue weighted by atomic mass is 16.5. The minimum Gasteiger partial charge on any atom is -0.496 e. The third-order valence-electron chi connectivity index (χ3n) is 6.06. The van der Waals surface area contributed by atoms with E-state index >= 15 is 0 Å². The molecule has 1 fully saturated rings. The standard InChI is InChI=1S/C23H31N5O2/c1-22(2)9-10-24-13-19(22)27-20-8-6-7-16(26-20)17-12-25-21-11-18(30-5)15(14-28(17)21)23(3,4)29/h6-8,11-12,14,19,24,29H,9-10,13H2,1-5H3,(H,26,27). The van der Waals surface area contributed by atoms with Crippen LogP contribution in [0.5, 0.6) is 5.75 Å². The minimum atomic E-state index is -1.04. The molecule has 4 heterocycles. The average Bonchev–Trinajstić information content (AvgIpc) is 3.11. The van der Waals surface area contributed by atoms with Gasteiger partial charge in [-0.2, -0.15) is 0 Å². The summed E-state index contributed by atoms with van der Waals surface area (Å²) in [5.41, 5.74) is 2.28. The number of aromatic nitrogens is 3. The number of nitrogens with zero attached hydrogens (tertiary/aromatic N) is 3. The van der Waals surface area contributed by atoms with Gasteiger partial charge in [-0.05, 0) is 44.4 Å². The molecule has 0 spiro atoms. The molecule has 3 aromatic heterocycles. The van der Waals surface area contributed by atoms with E-state index in [1.807, 2.05) is 34.9 Å². The molecule has 1 aliphatic heterocycles. The number of anilines is 1. The Morgan fingerprint density at radius 2 is 2.13 bits per heavy atom. The van der Waals surface area contributed by atoms with Gasteiger partial charge in [0.05, 0.1) is 30.3 Å². The van der Waals surface area contributed by atoms with Gasteiger partial charge in [0.25, 0.3) is 0 Å². The number of fused-ring (bicyclic) bond motifs is 1. The monoisotopic (exact) mass is 409 g/mol. The Hall–Kier alpha value is -2.64. The van der Waals surface area contributed by atoms with Gasteiger partial charge in [-0.25, -0.2) is 9.97 Å². The van der Waals surface area contributed by atoms with Crippen molar-refractivity contribution < 1.29 is 9.84 Å². The normalized spacial score (nSPS) is 19.1. The molecule has 0 saturated carbocycles. The molecule has 0 aliphatic carbocycles. The second-order valence-corrected chi connectivity index (χ2v) is 9.23. The van der Waals surface area contributed by atoms with E-state index in [0.29, 0.717) is 17.4 Å². The highest BCUT2D eigenvalue weighted by Gasteiger charge is 2.32. The molecule has 4 rings (SSSR count). The predicted molar refractivity (Wildman–Crippen MR) is 119 cm³/mol. The third-order valence-corrected chi connectivity index (χ3v) is 6.06. The molecule has 3 aromatic rings. The van der Waals surface area contributed by atoms with Gasteiger partial charge in [-0.3, -0.25) is 4.40 Å². The van der Waals surface area contributed by atoms with Gasteiger partial charge in [0.15, 0.2) is 0 Å². The Bertz CT molecular complexity index is 1050. The quantitative estimate of drug-likeness (QED) is 0.599. The van der Waals surface area contributed by atoms with Crippen molar-refractivity contribution in [3.63, 3.8) is 0 Å². The lowest BCUT2D eigenvalue weighted by atomic mass is 9.79. The number of ether oxygens (including phenoxy) is 1. The molecule has 1 atom stereocenters. The molecular weight excluding hydrogens is 378 g/mol. The van der Waals surface area contributed by atoms with Crippen molar-refractivity contribution in [3.05, 3.63) is 42.2 Å². The van der Waals surface area contributed by atoms with Crippen LogP contribution >= 0.6 is 0 Å². The summed E-state index contributed by atoms with van der Waals surface area (Å²) in [6.07, 6.45) is 4.81. The van der Waals surface area contributed by atoms with Crippen molar-refractivity contribution in [2.45, 2.75) is 45.8 Å². The van der Waals surface area contributed by atoms with Gasteiger partial charge in [0, 0.05) is 30.4 Å². The van der Waals surface area contributed by atoms with Crippen LogP contribution in [0.15, 0.2) is 36.7 Å². The lowest BCUT2D eigenvalue weighted by molar-refractivity contribution is 0.0752. The smallest absolute Gasteiger partial charge is 0.140 e. The van der Waals surface area contributed by atoms with Crippen molar-refractivity contribution >= 4 is 11.5 Å². The van der Waals surface area contributed by atoms with Crippen molar-refractivity contribution in [2.75, 3.05) is 25.5 Å². The van der Waals surface area contributed by atoms with Gasteiger partial charge in [-0.15, -0.1) is 0 Å². The van der Waals surface area contributed by atoms with E-state index in [4.69, 9.17) is 9.72 Å². The Labute approximate surface area is 177 Å². The maximum atomic E-state index is 10.6. The number of piperidine rings is 1. The molecule has 0 radical (unpaired) electrons. The second-order valence-electron chi connectivity index (χ2n) is 9.23. The first-order valence-corrected chi connectivity index (χ1v) is 10.4. The van der Waals surface area contributed by atoms with Crippen LogP contribution in [0.4, 0.5) is 5.82 Å². The minimum absolute atomic E-state index is 0.199. The zero-order valence-corrected chi connectivity index (χ0v) is 18.4. The lowest BCUT2D eigenvalue weighted by Gasteiger charge is -2.39. The van der Waals surface area contributed by atoms with E-state index in [-0.39, 0.29) is 5.41 Å². The fourth-order valence-electron chi connectivity index (χ4n) is 4.01. The van der Waals surface area contributed by atoms with E-state index < -0.39 is 5.60 Å². The molecule has 1 unspecified atom stereocenters. The molecule has 1 aliphatic rings. The third kappa shape index (κ3) is 3.87. The van der Waals surface area contributed by atoms with Crippen LogP contribution in [0.3, 0.4) is 0 Å². The molecular formula is C23H31N5O2. The maximum absolute atomic E-state index is 10.6. The summed E-state index contributed by atoms with van der Waals surface area (Å²) in [6.45, 7) is 10.1. The SMILES string of the molecule is COc1cc2ncc(-c3cccc(NC4CNCCC4(C)C)n3)n2cc1C(C)(C)O. The van der Waals surface area contributed by atoms with Gasteiger partial charge < -0.3 is 20.5 Å². The summed E-state index contributed by atoms with van der Waals surface area (Å²) in [6, 6.07) is 8.14. The van der Waals surface area contributed by atoms with Crippen LogP contribution in [0.1, 0.15) is 39.7 Å². The van der Waals surface area contributed by atoms with Gasteiger partial charge in [-0.1, -0.05) is 19.9 Å². The molecule has 7 heteroatoms. The van der Waals surface area contributed by atoms with Crippen molar-refractivity contribution in [1.29, 1.82) is 0 Å². The number of imidazole rings is 1. The maximum Gasteiger partial charge on any atom is 0.140 e. The van der Waals surface area contributed by atoms with E-state index in [0.717, 1.165) is 42.4 Å². The number of nitrogens with one attached hydrogen (secondary N) is 2. The van der Waals surface area contributed by atoms with Crippen LogP contribution in [0.25, 0.3) is 17.0 Å². The largest absolute Gasteiger partial charge is 0.496 e. The van der Waals surface area contributed by atoms with Crippen molar-refractivity contribution in [1.82, 2.24) is 19.7 Å². The summed E-state index contributed by atoms with van der Waals surface area (Å²) >= 11 is 0. The Kier molecular flexibility index (Phi) is 5.20. The van der Waals surface area contributed by atoms with Crippen LogP contribution in [-0.2, 0) is 5.60 Å².